The molecule has 2 amide bonds. The lowest BCUT2D eigenvalue weighted by atomic mass is 9.98. The molecule has 3 rings (SSSR count). The molecule has 1 fully saturated rings. The number of hydrogen-bond donors (Lipinski definition) is 1. The molecule has 6 nitrogen and oxygen atoms in total. The van der Waals surface area contributed by atoms with Crippen molar-refractivity contribution in [2.45, 2.75) is 23.4 Å². The molecule has 1 aliphatic rings. The zero-order valence-electron chi connectivity index (χ0n) is 15.8. The molecule has 0 aliphatic carbocycles. The first-order chi connectivity index (χ1) is 13.5. The van der Waals surface area contributed by atoms with Gasteiger partial charge in [-0.2, -0.15) is 0 Å². The maximum atomic E-state index is 12.6. The van der Waals surface area contributed by atoms with Gasteiger partial charge in [0.05, 0.1) is 20.1 Å². The number of nitrogens with zero attached hydrogens (tertiary/aromatic N) is 1. The molecule has 1 N–H and O–H groups in total. The van der Waals surface area contributed by atoms with E-state index < -0.39 is 18.1 Å². The van der Waals surface area contributed by atoms with E-state index in [1.165, 1.54) is 12.0 Å². The Morgan fingerprint density at radius 2 is 1.86 bits per heavy atom. The normalized spacial score (nSPS) is 16.9. The lowest BCUT2D eigenvalue weighted by molar-refractivity contribution is -0.162. The Balaban J connectivity index is 1.65. The average molecular weight is 398 g/mol. The number of methoxy groups -OCH3 is 1. The molecule has 2 aromatic carbocycles. The molecule has 28 heavy (non-hydrogen) atoms. The first-order valence-corrected chi connectivity index (χ1v) is 10.1. The highest BCUT2D eigenvalue weighted by molar-refractivity contribution is 7.98. The van der Waals surface area contributed by atoms with Gasteiger partial charge in [0, 0.05) is 4.90 Å². The van der Waals surface area contributed by atoms with E-state index in [4.69, 9.17) is 4.74 Å². The van der Waals surface area contributed by atoms with Crippen LogP contribution in [0.15, 0.2) is 59.5 Å². The number of β-lactam (4-membered cyclic amide) rings is 1. The molecule has 2 unspecified atom stereocenters. The van der Waals surface area contributed by atoms with Crippen LogP contribution >= 0.6 is 11.8 Å². The zero-order valence-corrected chi connectivity index (χ0v) is 16.6. The highest BCUT2D eigenvalue weighted by atomic mass is 32.2. The molecule has 0 aromatic heterocycles. The second-order valence-corrected chi connectivity index (χ2v) is 7.35. The maximum absolute atomic E-state index is 12.6. The first kappa shape index (κ1) is 19.9. The van der Waals surface area contributed by atoms with E-state index in [1.54, 1.807) is 11.8 Å². The summed E-state index contributed by atoms with van der Waals surface area (Å²) in [6.45, 7) is 0.267. The van der Waals surface area contributed by atoms with Gasteiger partial charge in [-0.05, 0) is 29.5 Å². The Morgan fingerprint density at radius 1 is 1.18 bits per heavy atom. The number of thioether (sulfide) groups is 1. The average Bonchev–Trinajstić information content (AvgIpc) is 2.73. The third-order valence-corrected chi connectivity index (χ3v) is 5.41. The third-order valence-electron chi connectivity index (χ3n) is 4.67. The number of amides is 2. The van der Waals surface area contributed by atoms with Gasteiger partial charge in [0.1, 0.15) is 6.04 Å². The van der Waals surface area contributed by atoms with E-state index in [0.29, 0.717) is 5.56 Å². The summed E-state index contributed by atoms with van der Waals surface area (Å²) < 4.78 is 4.90. The number of carbonyl (C=O) groups is 3. The van der Waals surface area contributed by atoms with Crippen LogP contribution in [0.4, 0.5) is 0 Å². The van der Waals surface area contributed by atoms with Gasteiger partial charge in [0.15, 0.2) is 6.04 Å². The molecular formula is C21H22N2O4S. The van der Waals surface area contributed by atoms with E-state index in [9.17, 15) is 14.4 Å². The topological polar surface area (TPSA) is 75.7 Å². The summed E-state index contributed by atoms with van der Waals surface area (Å²) in [4.78, 5) is 39.6. The molecule has 0 radical (unpaired) electrons. The molecule has 146 valence electrons. The summed E-state index contributed by atoms with van der Waals surface area (Å²) in [6, 6.07) is 15.4. The van der Waals surface area contributed by atoms with Gasteiger partial charge >= 0.3 is 5.97 Å². The van der Waals surface area contributed by atoms with Crippen molar-refractivity contribution in [2.24, 2.45) is 0 Å². The molecule has 0 saturated carbocycles. The highest BCUT2D eigenvalue weighted by Gasteiger charge is 2.45. The SMILES string of the molecule is COC(=O)C(c1ccc(SC)cc1)N1CC(NC(=O)Cc2ccccc2)C1=O. The monoisotopic (exact) mass is 398 g/mol. The second-order valence-electron chi connectivity index (χ2n) is 6.47. The number of esters is 1. The predicted octanol–water partition coefficient (Wildman–Crippen LogP) is 2.19. The third kappa shape index (κ3) is 4.36. The zero-order chi connectivity index (χ0) is 20.1. The van der Waals surface area contributed by atoms with Crippen LogP contribution < -0.4 is 5.32 Å². The van der Waals surface area contributed by atoms with Crippen molar-refractivity contribution in [2.75, 3.05) is 19.9 Å². The van der Waals surface area contributed by atoms with Gasteiger partial charge in [-0.1, -0.05) is 42.5 Å². The van der Waals surface area contributed by atoms with Gasteiger partial charge in [-0.3, -0.25) is 9.59 Å². The van der Waals surface area contributed by atoms with Gasteiger partial charge in [-0.15, -0.1) is 11.8 Å². The minimum atomic E-state index is -0.810. The van der Waals surface area contributed by atoms with Crippen LogP contribution in [0.3, 0.4) is 0 Å². The number of nitrogens with one attached hydrogen (secondary N) is 1. The molecule has 7 heteroatoms. The lowest BCUT2D eigenvalue weighted by Gasteiger charge is -2.42. The molecule has 2 aromatic rings. The number of hydrogen-bond acceptors (Lipinski definition) is 5. The maximum Gasteiger partial charge on any atom is 0.333 e. The van der Waals surface area contributed by atoms with E-state index in [1.807, 2.05) is 60.9 Å². The molecule has 0 bridgehead atoms. The van der Waals surface area contributed by atoms with Crippen LogP contribution in [0.25, 0.3) is 0 Å². The van der Waals surface area contributed by atoms with Crippen LogP contribution in [0.5, 0.6) is 0 Å². The number of likely N-dealkylation sites (tertiary alicyclic amines) is 1. The second kappa shape index (κ2) is 8.93. The predicted molar refractivity (Wildman–Crippen MR) is 107 cm³/mol. The van der Waals surface area contributed by atoms with E-state index in [-0.39, 0.29) is 24.8 Å². The van der Waals surface area contributed by atoms with Gasteiger partial charge in [0.25, 0.3) is 0 Å². The van der Waals surface area contributed by atoms with Gasteiger partial charge in [-0.25, -0.2) is 4.79 Å². The molecular weight excluding hydrogens is 376 g/mol. The van der Waals surface area contributed by atoms with Crippen LogP contribution in [-0.2, 0) is 25.5 Å². The van der Waals surface area contributed by atoms with Crippen molar-refractivity contribution in [1.82, 2.24) is 10.2 Å². The molecule has 1 heterocycles. The number of carbonyl (C=O) groups excluding carboxylic acids is 3. The Labute approximate surface area is 168 Å². The highest BCUT2D eigenvalue weighted by Crippen LogP contribution is 2.29. The molecule has 0 spiro atoms. The van der Waals surface area contributed by atoms with Crippen LogP contribution in [-0.4, -0.2) is 48.6 Å². The number of rotatable bonds is 7. The molecule has 1 saturated heterocycles. The summed E-state index contributed by atoms with van der Waals surface area (Å²) in [7, 11) is 1.30. The van der Waals surface area contributed by atoms with Crippen molar-refractivity contribution in [1.29, 1.82) is 0 Å². The first-order valence-electron chi connectivity index (χ1n) is 8.89. The summed E-state index contributed by atoms with van der Waals surface area (Å²) in [5.41, 5.74) is 1.57. The smallest absolute Gasteiger partial charge is 0.333 e. The van der Waals surface area contributed by atoms with E-state index >= 15 is 0 Å². The quantitative estimate of drug-likeness (QED) is 0.440. The Morgan fingerprint density at radius 3 is 2.43 bits per heavy atom. The summed E-state index contributed by atoms with van der Waals surface area (Å²) in [5, 5.41) is 2.74. The largest absolute Gasteiger partial charge is 0.467 e. The summed E-state index contributed by atoms with van der Waals surface area (Å²) in [5.74, 6) is -1.01. The van der Waals surface area contributed by atoms with Gasteiger partial charge in [0.2, 0.25) is 11.8 Å². The molecule has 1 aliphatic heterocycles. The lowest BCUT2D eigenvalue weighted by Crippen LogP contribution is -2.65. The summed E-state index contributed by atoms with van der Waals surface area (Å²) in [6.07, 6.45) is 2.18. The Kier molecular flexibility index (Phi) is 6.36. The standard InChI is InChI=1S/C21H22N2O4S/c1-27-21(26)19(15-8-10-16(28-2)11-9-15)23-13-17(20(23)25)22-18(24)12-14-6-4-3-5-7-14/h3-11,17,19H,12-13H2,1-2H3,(H,22,24). The van der Waals surface area contributed by atoms with Crippen LogP contribution in [0.1, 0.15) is 17.2 Å². The Bertz CT molecular complexity index is 854. The van der Waals surface area contributed by atoms with E-state index in [0.717, 1.165) is 10.5 Å². The van der Waals surface area contributed by atoms with Crippen molar-refractivity contribution in [3.63, 3.8) is 0 Å². The summed E-state index contributed by atoms with van der Waals surface area (Å²) >= 11 is 1.60. The Hall–Kier alpha value is -2.80. The fourth-order valence-electron chi connectivity index (χ4n) is 3.16. The van der Waals surface area contributed by atoms with Crippen molar-refractivity contribution >= 4 is 29.5 Å². The van der Waals surface area contributed by atoms with Crippen molar-refractivity contribution in [3.8, 4) is 0 Å². The fraction of sp³-hybridized carbons (Fsp3) is 0.286. The van der Waals surface area contributed by atoms with Crippen LogP contribution in [0, 0.1) is 0 Å². The van der Waals surface area contributed by atoms with Crippen molar-refractivity contribution in [3.05, 3.63) is 65.7 Å². The van der Waals surface area contributed by atoms with Gasteiger partial charge < -0.3 is 15.0 Å². The van der Waals surface area contributed by atoms with Crippen LogP contribution in [0.2, 0.25) is 0 Å². The number of benzene rings is 2. The minimum Gasteiger partial charge on any atom is -0.467 e. The van der Waals surface area contributed by atoms with Crippen molar-refractivity contribution < 1.29 is 19.1 Å². The van der Waals surface area contributed by atoms with E-state index in [2.05, 4.69) is 5.32 Å². The minimum absolute atomic E-state index is 0.210. The fourth-order valence-corrected chi connectivity index (χ4v) is 3.57. The number of ether oxygens (including phenoxy) is 1. The molecule has 2 atom stereocenters.